The third kappa shape index (κ3) is 4.05. The predicted molar refractivity (Wildman–Crippen MR) is 110 cm³/mol. The Morgan fingerprint density at radius 2 is 1.79 bits per heavy atom. The fourth-order valence-corrected chi connectivity index (χ4v) is 4.11. The number of aryl methyl sites for hydroxylation is 2. The van der Waals surface area contributed by atoms with E-state index in [1.807, 2.05) is 29.2 Å². The minimum atomic E-state index is -0.0698. The summed E-state index contributed by atoms with van der Waals surface area (Å²) in [5.41, 5.74) is 10.1. The number of rotatable bonds is 4. The van der Waals surface area contributed by atoms with Crippen molar-refractivity contribution in [3.05, 3.63) is 65.2 Å². The Hall–Kier alpha value is -2.37. The van der Waals surface area contributed by atoms with Crippen LogP contribution in [-0.2, 0) is 4.79 Å². The van der Waals surface area contributed by atoms with Crippen LogP contribution in [-0.4, -0.2) is 36.5 Å². The maximum atomic E-state index is 13.1. The van der Waals surface area contributed by atoms with E-state index in [0.717, 1.165) is 37.2 Å². The van der Waals surface area contributed by atoms with Gasteiger partial charge in [0.15, 0.2) is 0 Å². The first-order valence-electron chi connectivity index (χ1n) is 10.2. The van der Waals surface area contributed by atoms with Crippen molar-refractivity contribution in [2.24, 2.45) is 5.92 Å². The van der Waals surface area contributed by atoms with Crippen LogP contribution in [0.15, 0.2) is 48.5 Å². The van der Waals surface area contributed by atoms with Gasteiger partial charge in [-0.25, -0.2) is 5.43 Å². The molecule has 2 fully saturated rings. The second-order valence-corrected chi connectivity index (χ2v) is 7.91. The number of hydrogen-bond acceptors (Lipinski definition) is 4. The minimum Gasteiger partial charge on any atom is -0.490 e. The lowest BCUT2D eigenvalue weighted by atomic mass is 9.93. The Morgan fingerprint density at radius 1 is 1.04 bits per heavy atom. The van der Waals surface area contributed by atoms with Gasteiger partial charge in [-0.2, -0.15) is 0 Å². The Bertz CT molecular complexity index is 816. The average molecular weight is 380 g/mol. The van der Waals surface area contributed by atoms with E-state index in [2.05, 4.69) is 49.0 Å². The predicted octanol–water partition coefficient (Wildman–Crippen LogP) is 3.14. The molecule has 28 heavy (non-hydrogen) atoms. The number of carbonyl (C=O) groups is 1. The molecular formula is C23H29N3O2. The van der Waals surface area contributed by atoms with Crippen LogP contribution in [0.3, 0.4) is 0 Å². The second-order valence-electron chi connectivity index (χ2n) is 7.91. The third-order valence-electron chi connectivity index (χ3n) is 5.99. The number of nitrogens with zero attached hydrogens (tertiary/aromatic N) is 1. The van der Waals surface area contributed by atoms with E-state index < -0.39 is 0 Å². The van der Waals surface area contributed by atoms with Gasteiger partial charge in [-0.1, -0.05) is 36.4 Å². The summed E-state index contributed by atoms with van der Waals surface area (Å²) in [6.07, 6.45) is 1.93. The summed E-state index contributed by atoms with van der Waals surface area (Å²) in [6.45, 7) is 6.39. The Balaban J connectivity index is 1.34. The van der Waals surface area contributed by atoms with Crippen molar-refractivity contribution in [2.75, 3.05) is 19.6 Å². The summed E-state index contributed by atoms with van der Waals surface area (Å²) in [6, 6.07) is 16.5. The van der Waals surface area contributed by atoms with Crippen LogP contribution in [0.1, 0.15) is 35.6 Å². The quantitative estimate of drug-likeness (QED) is 0.857. The molecule has 2 aliphatic heterocycles. The van der Waals surface area contributed by atoms with Crippen LogP contribution in [0.4, 0.5) is 0 Å². The van der Waals surface area contributed by atoms with Gasteiger partial charge in [0.2, 0.25) is 5.91 Å². The highest BCUT2D eigenvalue weighted by Crippen LogP contribution is 2.28. The lowest BCUT2D eigenvalue weighted by Crippen LogP contribution is -2.45. The van der Waals surface area contributed by atoms with Gasteiger partial charge >= 0.3 is 0 Å². The van der Waals surface area contributed by atoms with Crippen molar-refractivity contribution >= 4 is 5.91 Å². The molecule has 2 aliphatic rings. The molecule has 2 unspecified atom stereocenters. The SMILES string of the molecule is Cc1ccc(OC2CCN(C(=O)C3CNNC3c3ccccc3)CC2)cc1C. The summed E-state index contributed by atoms with van der Waals surface area (Å²) < 4.78 is 6.17. The molecular weight excluding hydrogens is 350 g/mol. The second kappa shape index (κ2) is 8.33. The van der Waals surface area contributed by atoms with Gasteiger partial charge in [-0.3, -0.25) is 10.2 Å². The topological polar surface area (TPSA) is 53.6 Å². The van der Waals surface area contributed by atoms with Crippen molar-refractivity contribution < 1.29 is 9.53 Å². The van der Waals surface area contributed by atoms with Gasteiger partial charge < -0.3 is 9.64 Å². The first kappa shape index (κ1) is 19.0. The van der Waals surface area contributed by atoms with Crippen molar-refractivity contribution in [2.45, 2.75) is 38.8 Å². The Kier molecular flexibility index (Phi) is 5.64. The molecule has 1 amide bonds. The summed E-state index contributed by atoms with van der Waals surface area (Å²) >= 11 is 0. The molecule has 4 rings (SSSR count). The normalized spacial score (nSPS) is 23.0. The molecule has 2 atom stereocenters. The zero-order valence-corrected chi connectivity index (χ0v) is 16.7. The molecule has 2 aromatic carbocycles. The van der Waals surface area contributed by atoms with Crippen LogP contribution in [0.5, 0.6) is 5.75 Å². The van der Waals surface area contributed by atoms with Gasteiger partial charge in [0.05, 0.1) is 12.0 Å². The van der Waals surface area contributed by atoms with E-state index in [9.17, 15) is 4.79 Å². The number of amides is 1. The average Bonchev–Trinajstić information content (AvgIpc) is 3.21. The van der Waals surface area contributed by atoms with Crippen LogP contribution in [0.25, 0.3) is 0 Å². The van der Waals surface area contributed by atoms with Crippen LogP contribution in [0.2, 0.25) is 0 Å². The zero-order chi connectivity index (χ0) is 19.5. The first-order valence-corrected chi connectivity index (χ1v) is 10.2. The van der Waals surface area contributed by atoms with E-state index >= 15 is 0 Å². The van der Waals surface area contributed by atoms with Crippen molar-refractivity contribution in [3.8, 4) is 5.75 Å². The minimum absolute atomic E-state index is 0.0261. The van der Waals surface area contributed by atoms with E-state index in [1.54, 1.807) is 0 Å². The zero-order valence-electron chi connectivity index (χ0n) is 16.7. The molecule has 2 heterocycles. The molecule has 0 aliphatic carbocycles. The molecule has 2 saturated heterocycles. The molecule has 0 bridgehead atoms. The van der Waals surface area contributed by atoms with E-state index in [1.165, 1.54) is 11.1 Å². The van der Waals surface area contributed by atoms with E-state index in [-0.39, 0.29) is 24.0 Å². The monoisotopic (exact) mass is 379 g/mol. The van der Waals surface area contributed by atoms with Crippen LogP contribution >= 0.6 is 0 Å². The highest BCUT2D eigenvalue weighted by atomic mass is 16.5. The van der Waals surface area contributed by atoms with Gasteiger partial charge in [-0.05, 0) is 42.7 Å². The van der Waals surface area contributed by atoms with Gasteiger partial charge in [-0.15, -0.1) is 0 Å². The molecule has 2 N–H and O–H groups in total. The Morgan fingerprint density at radius 3 is 2.50 bits per heavy atom. The Labute approximate surface area is 167 Å². The lowest BCUT2D eigenvalue weighted by molar-refractivity contribution is -0.137. The van der Waals surface area contributed by atoms with Crippen molar-refractivity contribution in [1.82, 2.24) is 15.8 Å². The molecule has 5 nitrogen and oxygen atoms in total. The molecule has 0 spiro atoms. The lowest BCUT2D eigenvalue weighted by Gasteiger charge is -2.34. The fourth-order valence-electron chi connectivity index (χ4n) is 4.11. The van der Waals surface area contributed by atoms with Gasteiger partial charge in [0.1, 0.15) is 11.9 Å². The van der Waals surface area contributed by atoms with Gasteiger partial charge in [0, 0.05) is 32.5 Å². The molecule has 148 valence electrons. The highest BCUT2D eigenvalue weighted by Gasteiger charge is 2.37. The van der Waals surface area contributed by atoms with E-state index in [0.29, 0.717) is 6.54 Å². The summed E-state index contributed by atoms with van der Waals surface area (Å²) in [4.78, 5) is 15.1. The molecule has 0 radical (unpaired) electrons. The largest absolute Gasteiger partial charge is 0.490 e. The van der Waals surface area contributed by atoms with Gasteiger partial charge in [0.25, 0.3) is 0 Å². The number of benzene rings is 2. The number of piperidine rings is 1. The molecule has 5 heteroatoms. The number of carbonyl (C=O) groups excluding carboxylic acids is 1. The third-order valence-corrected chi connectivity index (χ3v) is 5.99. The number of likely N-dealkylation sites (tertiary alicyclic amines) is 1. The number of hydrogen-bond donors (Lipinski definition) is 2. The highest BCUT2D eigenvalue weighted by molar-refractivity contribution is 5.80. The smallest absolute Gasteiger partial charge is 0.229 e. The summed E-state index contributed by atoms with van der Waals surface area (Å²) in [5.74, 6) is 1.09. The first-order chi connectivity index (χ1) is 13.6. The number of nitrogens with one attached hydrogen (secondary N) is 2. The standard InChI is InChI=1S/C23H29N3O2/c1-16-8-9-20(14-17(16)2)28-19-10-12-26(13-11-19)23(27)21-15-24-25-22(21)18-6-4-3-5-7-18/h3-9,14,19,21-22,24-25H,10-13,15H2,1-2H3. The van der Waals surface area contributed by atoms with Crippen LogP contribution in [0, 0.1) is 19.8 Å². The van der Waals surface area contributed by atoms with Crippen LogP contribution < -0.4 is 15.6 Å². The number of hydrazine groups is 1. The summed E-state index contributed by atoms with van der Waals surface area (Å²) in [7, 11) is 0. The fraction of sp³-hybridized carbons (Fsp3) is 0.435. The molecule has 0 aromatic heterocycles. The maximum Gasteiger partial charge on any atom is 0.229 e. The molecule has 0 saturated carbocycles. The summed E-state index contributed by atoms with van der Waals surface area (Å²) in [5, 5.41) is 0. The molecule has 2 aromatic rings. The van der Waals surface area contributed by atoms with Crippen molar-refractivity contribution in [1.29, 1.82) is 0 Å². The number of ether oxygens (including phenoxy) is 1. The van der Waals surface area contributed by atoms with Crippen molar-refractivity contribution in [3.63, 3.8) is 0 Å². The maximum absolute atomic E-state index is 13.1. The van der Waals surface area contributed by atoms with E-state index in [4.69, 9.17) is 4.74 Å².